The van der Waals surface area contributed by atoms with Crippen LogP contribution in [0.2, 0.25) is 0 Å². The highest BCUT2D eigenvalue weighted by molar-refractivity contribution is 7.27. The summed E-state index contributed by atoms with van der Waals surface area (Å²) in [6.07, 6.45) is 0. The monoisotopic (exact) mass is 338 g/mol. The number of hydrogen-bond donors (Lipinski definition) is 0. The fourth-order valence-electron chi connectivity index (χ4n) is 3.08. The maximum absolute atomic E-state index is 5.48. The molecule has 0 fully saturated rings. The zero-order chi connectivity index (χ0) is 18.1. The second-order valence-corrected chi connectivity index (χ2v) is 9.45. The zero-order valence-electron chi connectivity index (χ0n) is 16.5. The SMILES string of the molecule is COCC(C)(C)c1cc(C(C)(C)C)cc(C(C)(C)COC)c1P. The first kappa shape index (κ1) is 20.6. The van der Waals surface area contributed by atoms with E-state index >= 15 is 0 Å². The Bertz CT molecular complexity index is 500. The van der Waals surface area contributed by atoms with Crippen LogP contribution in [0, 0.1) is 0 Å². The van der Waals surface area contributed by atoms with Gasteiger partial charge in [-0.25, -0.2) is 0 Å². The smallest absolute Gasteiger partial charge is 0.0554 e. The molecule has 0 bridgehead atoms. The Balaban J connectivity index is 3.65. The molecule has 0 radical (unpaired) electrons. The van der Waals surface area contributed by atoms with Crippen molar-refractivity contribution in [1.82, 2.24) is 0 Å². The lowest BCUT2D eigenvalue weighted by atomic mass is 9.74. The first-order chi connectivity index (χ1) is 10.4. The van der Waals surface area contributed by atoms with Gasteiger partial charge < -0.3 is 9.47 Å². The molecule has 0 spiro atoms. The lowest BCUT2D eigenvalue weighted by Crippen LogP contribution is -2.35. The molecule has 0 heterocycles. The van der Waals surface area contributed by atoms with Crippen molar-refractivity contribution in [3.63, 3.8) is 0 Å². The molecule has 23 heavy (non-hydrogen) atoms. The van der Waals surface area contributed by atoms with Crippen LogP contribution >= 0.6 is 9.24 Å². The van der Waals surface area contributed by atoms with E-state index in [1.165, 1.54) is 22.0 Å². The van der Waals surface area contributed by atoms with E-state index in [4.69, 9.17) is 9.47 Å². The van der Waals surface area contributed by atoms with E-state index in [0.717, 1.165) is 0 Å². The first-order valence-electron chi connectivity index (χ1n) is 8.29. The molecule has 0 aromatic heterocycles. The molecule has 2 nitrogen and oxygen atoms in total. The van der Waals surface area contributed by atoms with E-state index < -0.39 is 0 Å². The molecule has 0 aliphatic rings. The van der Waals surface area contributed by atoms with Crippen molar-refractivity contribution in [2.45, 2.75) is 64.7 Å². The largest absolute Gasteiger partial charge is 0.384 e. The fourth-order valence-corrected chi connectivity index (χ4v) is 4.03. The molecule has 0 aliphatic heterocycles. The van der Waals surface area contributed by atoms with E-state index in [-0.39, 0.29) is 16.2 Å². The summed E-state index contributed by atoms with van der Waals surface area (Å²) >= 11 is 0. The van der Waals surface area contributed by atoms with Crippen LogP contribution < -0.4 is 5.30 Å². The highest BCUT2D eigenvalue weighted by Gasteiger charge is 2.31. The first-order valence-corrected chi connectivity index (χ1v) is 8.87. The van der Waals surface area contributed by atoms with E-state index in [0.29, 0.717) is 13.2 Å². The molecule has 1 aromatic carbocycles. The van der Waals surface area contributed by atoms with Gasteiger partial charge >= 0.3 is 0 Å². The van der Waals surface area contributed by atoms with Crippen molar-refractivity contribution in [2.24, 2.45) is 0 Å². The summed E-state index contributed by atoms with van der Waals surface area (Å²) in [6, 6.07) is 4.71. The molecule has 0 saturated carbocycles. The zero-order valence-corrected chi connectivity index (χ0v) is 17.6. The van der Waals surface area contributed by atoms with Gasteiger partial charge in [0.1, 0.15) is 0 Å². The molecule has 1 unspecified atom stereocenters. The number of rotatable bonds is 6. The molecule has 1 rings (SSSR count). The van der Waals surface area contributed by atoms with Gasteiger partial charge in [0.05, 0.1) is 13.2 Å². The Kier molecular flexibility index (Phi) is 6.47. The van der Waals surface area contributed by atoms with Crippen molar-refractivity contribution >= 4 is 14.5 Å². The minimum absolute atomic E-state index is 0.0367. The highest BCUT2D eigenvalue weighted by Crippen LogP contribution is 2.34. The summed E-state index contributed by atoms with van der Waals surface area (Å²) in [5.41, 5.74) is 4.08. The number of methoxy groups -OCH3 is 2. The third-order valence-electron chi connectivity index (χ3n) is 4.51. The summed E-state index contributed by atoms with van der Waals surface area (Å²) < 4.78 is 11.0. The quantitative estimate of drug-likeness (QED) is 0.719. The van der Waals surface area contributed by atoms with Crippen molar-refractivity contribution in [1.29, 1.82) is 0 Å². The number of ether oxygens (including phenoxy) is 2. The standard InChI is InChI=1S/C20H35O2P/c1-18(2,3)14-10-15(19(4,5)12-21-8)17(23)16(11-14)20(6,7)13-22-9/h10-11H,12-13,23H2,1-9H3. The third-order valence-corrected chi connectivity index (χ3v) is 5.14. The minimum atomic E-state index is -0.0367. The highest BCUT2D eigenvalue weighted by atomic mass is 31.0. The van der Waals surface area contributed by atoms with E-state index in [9.17, 15) is 0 Å². The van der Waals surface area contributed by atoms with Gasteiger partial charge in [-0.05, 0) is 27.4 Å². The molecule has 0 aliphatic carbocycles. The van der Waals surface area contributed by atoms with Crippen LogP contribution in [0.15, 0.2) is 12.1 Å². The van der Waals surface area contributed by atoms with Gasteiger partial charge in [0.25, 0.3) is 0 Å². The molecular weight excluding hydrogens is 303 g/mol. The molecule has 0 amide bonds. The summed E-state index contributed by atoms with van der Waals surface area (Å²) in [5, 5.41) is 1.28. The second-order valence-electron chi connectivity index (χ2n) is 8.87. The van der Waals surface area contributed by atoms with Gasteiger partial charge in [-0.15, -0.1) is 9.24 Å². The van der Waals surface area contributed by atoms with Crippen LogP contribution in [0.4, 0.5) is 0 Å². The lowest BCUT2D eigenvalue weighted by molar-refractivity contribution is 0.144. The maximum atomic E-state index is 5.48. The summed E-state index contributed by atoms with van der Waals surface area (Å²) in [4.78, 5) is 0. The molecule has 1 atom stereocenters. The Morgan fingerprint density at radius 3 is 1.39 bits per heavy atom. The van der Waals surface area contributed by atoms with Crippen molar-refractivity contribution in [3.8, 4) is 0 Å². The van der Waals surface area contributed by atoms with E-state index in [1.54, 1.807) is 14.2 Å². The average molecular weight is 338 g/mol. The maximum Gasteiger partial charge on any atom is 0.0554 e. The normalized spacial score (nSPS) is 13.5. The Morgan fingerprint density at radius 2 is 1.13 bits per heavy atom. The fraction of sp³-hybridized carbons (Fsp3) is 0.700. The Morgan fingerprint density at radius 1 is 0.783 bits per heavy atom. The van der Waals surface area contributed by atoms with E-state index in [1.807, 2.05) is 0 Å². The topological polar surface area (TPSA) is 18.5 Å². The van der Waals surface area contributed by atoms with Crippen LogP contribution in [-0.4, -0.2) is 27.4 Å². The van der Waals surface area contributed by atoms with Gasteiger partial charge in [0.2, 0.25) is 0 Å². The molecule has 3 heteroatoms. The van der Waals surface area contributed by atoms with Gasteiger partial charge in [-0.3, -0.25) is 0 Å². The van der Waals surface area contributed by atoms with Crippen LogP contribution in [0.1, 0.15) is 65.2 Å². The molecule has 1 aromatic rings. The van der Waals surface area contributed by atoms with Crippen LogP contribution in [0.3, 0.4) is 0 Å². The summed E-state index contributed by atoms with van der Waals surface area (Å²) in [7, 11) is 6.51. The van der Waals surface area contributed by atoms with Crippen molar-refractivity contribution in [2.75, 3.05) is 27.4 Å². The molecule has 0 saturated heterocycles. The van der Waals surface area contributed by atoms with Gasteiger partial charge in [-0.2, -0.15) is 0 Å². The second kappa shape index (κ2) is 7.21. The van der Waals surface area contributed by atoms with Crippen molar-refractivity contribution in [3.05, 3.63) is 28.8 Å². The van der Waals surface area contributed by atoms with Gasteiger partial charge in [0, 0.05) is 25.0 Å². The third kappa shape index (κ3) is 4.78. The van der Waals surface area contributed by atoms with Crippen LogP contribution in [0.25, 0.3) is 0 Å². The summed E-state index contributed by atoms with van der Waals surface area (Å²) in [6.45, 7) is 17.2. The average Bonchev–Trinajstić information content (AvgIpc) is 2.36. The molecule has 132 valence electrons. The van der Waals surface area contributed by atoms with Gasteiger partial charge in [-0.1, -0.05) is 60.6 Å². The van der Waals surface area contributed by atoms with Crippen LogP contribution in [0.5, 0.6) is 0 Å². The predicted octanol–water partition coefficient (Wildman–Crippen LogP) is 4.33. The predicted molar refractivity (Wildman–Crippen MR) is 104 cm³/mol. The minimum Gasteiger partial charge on any atom is -0.384 e. The van der Waals surface area contributed by atoms with E-state index in [2.05, 4.69) is 69.8 Å². The van der Waals surface area contributed by atoms with Crippen LogP contribution in [-0.2, 0) is 25.7 Å². The number of hydrogen-bond acceptors (Lipinski definition) is 2. The Labute approximate surface area is 145 Å². The number of benzene rings is 1. The lowest BCUT2D eigenvalue weighted by Gasteiger charge is -2.35. The van der Waals surface area contributed by atoms with Crippen molar-refractivity contribution < 1.29 is 9.47 Å². The summed E-state index contributed by atoms with van der Waals surface area (Å²) in [5.74, 6) is 0. The molecule has 0 N–H and O–H groups in total. The Hall–Kier alpha value is -0.430. The van der Waals surface area contributed by atoms with Gasteiger partial charge in [0.15, 0.2) is 0 Å². The molecular formula is C20H35O2P.